The number of carbonyl (C=O) groups excluding carboxylic acids is 1. The fourth-order valence-corrected chi connectivity index (χ4v) is 0.203. The van der Waals surface area contributed by atoms with E-state index < -0.39 is 0 Å². The summed E-state index contributed by atoms with van der Waals surface area (Å²) < 4.78 is 10.9. The van der Waals surface area contributed by atoms with Crippen LogP contribution in [0.3, 0.4) is 0 Å². The van der Waals surface area contributed by atoms with Crippen LogP contribution in [-0.4, -0.2) is 17.2 Å². The van der Waals surface area contributed by atoms with Crippen LogP contribution >= 0.6 is 11.9 Å². The Morgan fingerprint density at radius 3 is 2.12 bits per heavy atom. The Kier molecular flexibility index (Phi) is 13.1. The summed E-state index contributed by atoms with van der Waals surface area (Å²) in [7, 11) is 0. The van der Waals surface area contributed by atoms with Crippen molar-refractivity contribution in [1.29, 1.82) is 0 Å². The number of hydrogen-bond donors (Lipinski definition) is 1. The SMILES string of the molecule is CCOC(C)=O.OCl. The molecular weight excluding hydrogens is 131 g/mol. The highest BCUT2D eigenvalue weighted by atomic mass is 35.5. The van der Waals surface area contributed by atoms with E-state index in [-0.39, 0.29) is 5.97 Å². The molecule has 0 aliphatic carbocycles. The van der Waals surface area contributed by atoms with Crippen LogP contribution in [0, 0.1) is 0 Å². The van der Waals surface area contributed by atoms with Gasteiger partial charge in [-0.15, -0.1) is 0 Å². The summed E-state index contributed by atoms with van der Waals surface area (Å²) >= 11 is 3.64. The Hall–Kier alpha value is -0.280. The van der Waals surface area contributed by atoms with Crippen LogP contribution in [0.5, 0.6) is 0 Å². The van der Waals surface area contributed by atoms with E-state index in [1.165, 1.54) is 6.92 Å². The van der Waals surface area contributed by atoms with Crippen molar-refractivity contribution >= 4 is 17.8 Å². The Morgan fingerprint density at radius 1 is 1.75 bits per heavy atom. The van der Waals surface area contributed by atoms with Gasteiger partial charge < -0.3 is 4.74 Å². The van der Waals surface area contributed by atoms with E-state index in [1.807, 2.05) is 0 Å². The molecule has 0 aromatic rings. The van der Waals surface area contributed by atoms with Crippen molar-refractivity contribution in [2.45, 2.75) is 13.8 Å². The maximum Gasteiger partial charge on any atom is 0.302 e. The van der Waals surface area contributed by atoms with Gasteiger partial charge >= 0.3 is 5.97 Å². The highest BCUT2D eigenvalue weighted by molar-refractivity contribution is 6.04. The zero-order valence-corrected chi connectivity index (χ0v) is 5.60. The lowest BCUT2D eigenvalue weighted by Gasteiger charge is -1.89. The topological polar surface area (TPSA) is 46.5 Å². The summed E-state index contributed by atoms with van der Waals surface area (Å²) in [6.45, 7) is 3.65. The Bertz CT molecular complexity index is 55.2. The molecule has 3 nitrogen and oxygen atoms in total. The van der Waals surface area contributed by atoms with Crippen LogP contribution in [0.25, 0.3) is 0 Å². The standard InChI is InChI=1S/C4H8O2.ClHO/c1-3-6-4(2)5;1-2/h3H2,1-2H3;2H. The molecule has 0 spiro atoms. The molecular formula is C4H9ClO3. The van der Waals surface area contributed by atoms with Crippen LogP contribution < -0.4 is 0 Å². The molecule has 0 bridgehead atoms. The van der Waals surface area contributed by atoms with Gasteiger partial charge in [0.15, 0.2) is 0 Å². The summed E-state index contributed by atoms with van der Waals surface area (Å²) in [4.78, 5) is 9.82. The predicted octanol–water partition coefficient (Wildman–Crippen LogP) is 0.702. The molecule has 0 fully saturated rings. The number of hydrogen-bond acceptors (Lipinski definition) is 3. The zero-order chi connectivity index (χ0) is 6.99. The fraction of sp³-hybridized carbons (Fsp3) is 0.750. The molecule has 0 aromatic heterocycles. The first kappa shape index (κ1) is 10.7. The van der Waals surface area contributed by atoms with Crippen molar-refractivity contribution in [3.05, 3.63) is 0 Å². The van der Waals surface area contributed by atoms with Gasteiger partial charge in [-0.3, -0.25) is 9.45 Å². The molecule has 0 aromatic carbocycles. The smallest absolute Gasteiger partial charge is 0.302 e. The fourth-order valence-electron chi connectivity index (χ4n) is 0.203. The minimum Gasteiger partial charge on any atom is -0.466 e. The van der Waals surface area contributed by atoms with E-state index in [4.69, 9.17) is 4.66 Å². The average molecular weight is 141 g/mol. The number of esters is 1. The first-order chi connectivity index (χ1) is 3.77. The molecule has 0 rings (SSSR count). The van der Waals surface area contributed by atoms with Gasteiger partial charge in [0.25, 0.3) is 0 Å². The monoisotopic (exact) mass is 140 g/mol. The van der Waals surface area contributed by atoms with E-state index in [1.54, 1.807) is 6.92 Å². The number of carbonyl (C=O) groups is 1. The lowest BCUT2D eigenvalue weighted by Crippen LogP contribution is -1.95. The van der Waals surface area contributed by atoms with Gasteiger partial charge in [0.1, 0.15) is 0 Å². The number of rotatable bonds is 1. The number of halogens is 1. The number of ether oxygens (including phenoxy) is 1. The predicted molar refractivity (Wildman–Crippen MR) is 30.4 cm³/mol. The van der Waals surface area contributed by atoms with Crippen molar-refractivity contribution in [2.24, 2.45) is 0 Å². The van der Waals surface area contributed by atoms with E-state index in [2.05, 4.69) is 16.6 Å². The Balaban J connectivity index is 0. The first-order valence-electron chi connectivity index (χ1n) is 2.07. The normalized spacial score (nSPS) is 6.50. The molecule has 0 radical (unpaired) electrons. The summed E-state index contributed by atoms with van der Waals surface area (Å²) in [5.41, 5.74) is 0. The highest BCUT2D eigenvalue weighted by Crippen LogP contribution is 1.69. The van der Waals surface area contributed by atoms with Crippen molar-refractivity contribution in [3.63, 3.8) is 0 Å². The Labute approximate surface area is 53.4 Å². The maximum absolute atomic E-state index is 9.82. The molecule has 0 saturated carbocycles. The molecule has 50 valence electrons. The zero-order valence-electron chi connectivity index (χ0n) is 4.85. The van der Waals surface area contributed by atoms with Crippen molar-refractivity contribution in [1.82, 2.24) is 0 Å². The van der Waals surface area contributed by atoms with Crippen LogP contribution in [0.2, 0.25) is 0 Å². The van der Waals surface area contributed by atoms with Gasteiger partial charge in [-0.2, -0.15) is 0 Å². The van der Waals surface area contributed by atoms with Gasteiger partial charge in [0, 0.05) is 6.92 Å². The van der Waals surface area contributed by atoms with Gasteiger partial charge in [-0.1, -0.05) is 0 Å². The van der Waals surface area contributed by atoms with Gasteiger partial charge in [-0.25, -0.2) is 0 Å². The minimum atomic E-state index is -0.211. The molecule has 0 amide bonds. The van der Waals surface area contributed by atoms with E-state index in [9.17, 15) is 4.79 Å². The second-order valence-electron chi connectivity index (χ2n) is 0.925. The minimum absolute atomic E-state index is 0.211. The molecule has 0 heterocycles. The van der Waals surface area contributed by atoms with Crippen molar-refractivity contribution in [3.8, 4) is 0 Å². The van der Waals surface area contributed by atoms with Crippen molar-refractivity contribution in [2.75, 3.05) is 6.61 Å². The summed E-state index contributed by atoms with van der Waals surface area (Å²) in [5.74, 6) is -0.211. The highest BCUT2D eigenvalue weighted by Gasteiger charge is 1.81. The average Bonchev–Trinajstić information content (AvgIpc) is 1.72. The molecule has 4 heteroatoms. The van der Waals surface area contributed by atoms with Crippen LogP contribution in [0.1, 0.15) is 13.8 Å². The summed E-state index contributed by atoms with van der Waals surface area (Å²) in [6, 6.07) is 0. The van der Waals surface area contributed by atoms with Gasteiger partial charge in [-0.05, 0) is 6.92 Å². The quantitative estimate of drug-likeness (QED) is 0.546. The van der Waals surface area contributed by atoms with Crippen LogP contribution in [0.4, 0.5) is 0 Å². The molecule has 8 heavy (non-hydrogen) atoms. The van der Waals surface area contributed by atoms with Crippen molar-refractivity contribution < 1.29 is 14.2 Å². The molecule has 0 aliphatic heterocycles. The molecule has 1 N–H and O–H groups in total. The maximum atomic E-state index is 9.82. The molecule has 0 atom stereocenters. The molecule has 0 unspecified atom stereocenters. The lowest BCUT2D eigenvalue weighted by molar-refractivity contribution is -0.140. The molecule has 0 aliphatic rings. The second-order valence-corrected chi connectivity index (χ2v) is 0.925. The third kappa shape index (κ3) is 17.2. The third-order valence-electron chi connectivity index (χ3n) is 0.348. The van der Waals surface area contributed by atoms with E-state index in [0.717, 1.165) is 0 Å². The van der Waals surface area contributed by atoms with Gasteiger partial charge in [0.2, 0.25) is 0 Å². The van der Waals surface area contributed by atoms with E-state index >= 15 is 0 Å². The second kappa shape index (κ2) is 9.87. The molecule has 0 saturated heterocycles. The van der Waals surface area contributed by atoms with E-state index in [0.29, 0.717) is 6.61 Å². The van der Waals surface area contributed by atoms with Gasteiger partial charge in [0.05, 0.1) is 18.5 Å². The van der Waals surface area contributed by atoms with Crippen LogP contribution in [-0.2, 0) is 9.53 Å². The Morgan fingerprint density at radius 2 is 2.12 bits per heavy atom. The summed E-state index contributed by atoms with van der Waals surface area (Å²) in [5, 5.41) is 0. The largest absolute Gasteiger partial charge is 0.466 e. The third-order valence-corrected chi connectivity index (χ3v) is 0.348. The summed E-state index contributed by atoms with van der Waals surface area (Å²) in [6.07, 6.45) is 0. The first-order valence-corrected chi connectivity index (χ1v) is 2.41. The van der Waals surface area contributed by atoms with Crippen LogP contribution in [0.15, 0.2) is 0 Å². The lowest BCUT2D eigenvalue weighted by atomic mass is 10.8.